The van der Waals surface area contributed by atoms with Crippen LogP contribution in [-0.4, -0.2) is 72.2 Å². The highest BCUT2D eigenvalue weighted by molar-refractivity contribution is 7.16. The Labute approximate surface area is 435 Å². The molecule has 3 aliphatic rings. The zero-order valence-corrected chi connectivity index (χ0v) is 46.4. The minimum absolute atomic E-state index is 0.326. The van der Waals surface area contributed by atoms with Crippen LogP contribution in [0.5, 0.6) is 0 Å². The highest BCUT2D eigenvalue weighted by Crippen LogP contribution is 2.44. The molecule has 2 aromatic heterocycles. The SMILES string of the molecule is CC(c1ccccc1)(c1cccc(B2OC(C)(C)C(C)(C)O2)c1)c1ccccn1.CC(c1ccccc1)(c1cccc(Cl)c1)c1ccccn1.CC1(C)OB(B2OC(C)(C)C(C)(C)O2)OC1(C)C.[2H]PCC. The Bertz CT molecular complexity index is 2500. The summed E-state index contributed by atoms with van der Waals surface area (Å²) in [7, 11) is -0.947. The molecule has 374 valence electrons. The number of aromatic nitrogens is 2. The van der Waals surface area contributed by atoms with Gasteiger partial charge >= 0.3 is 21.1 Å². The van der Waals surface area contributed by atoms with Gasteiger partial charge in [0.25, 0.3) is 0 Å². The van der Waals surface area contributed by atoms with Crippen molar-refractivity contribution in [1.82, 2.24) is 9.97 Å². The Morgan fingerprint density at radius 3 is 1.15 bits per heavy atom. The van der Waals surface area contributed by atoms with E-state index in [-0.39, 0.29) is 51.6 Å². The van der Waals surface area contributed by atoms with Crippen molar-refractivity contribution in [2.75, 3.05) is 6.16 Å². The van der Waals surface area contributed by atoms with E-state index < -0.39 is 14.0 Å². The Hall–Kier alpha value is -4.15. The van der Waals surface area contributed by atoms with Crippen LogP contribution < -0.4 is 5.46 Å². The molecule has 0 bridgehead atoms. The summed E-state index contributed by atoms with van der Waals surface area (Å²) in [5.41, 5.74) is 4.87. The van der Waals surface area contributed by atoms with E-state index in [2.05, 4.69) is 138 Å². The molecular formula is C58H75B3ClN2O6P. The second-order valence-electron chi connectivity index (χ2n) is 21.7. The molecule has 0 aliphatic carbocycles. The third-order valence-electron chi connectivity index (χ3n) is 15.2. The average Bonchev–Trinajstić information content (AvgIpc) is 3.84. The Balaban J connectivity index is 0.000000175. The first kappa shape index (κ1) is 54.6. The molecule has 71 heavy (non-hydrogen) atoms. The summed E-state index contributed by atoms with van der Waals surface area (Å²) >= 11 is 6.21. The van der Waals surface area contributed by atoms with Crippen LogP contribution in [0, 0.1) is 0 Å². The first-order chi connectivity index (χ1) is 33.7. The van der Waals surface area contributed by atoms with Crippen LogP contribution in [0.3, 0.4) is 0 Å². The van der Waals surface area contributed by atoms with Gasteiger partial charge in [-0.15, -0.1) is 9.18 Å². The number of benzene rings is 4. The first-order valence-corrected chi connectivity index (χ1v) is 25.9. The van der Waals surface area contributed by atoms with E-state index in [1.165, 1.54) is 11.1 Å². The lowest BCUT2D eigenvalue weighted by molar-refractivity contribution is 0.00578. The summed E-state index contributed by atoms with van der Waals surface area (Å²) in [4.78, 5) is 9.30. The molecule has 0 radical (unpaired) electrons. The predicted octanol–water partition coefficient (Wildman–Crippen LogP) is 13.0. The van der Waals surface area contributed by atoms with Crippen molar-refractivity contribution in [2.24, 2.45) is 0 Å². The van der Waals surface area contributed by atoms with Crippen molar-refractivity contribution in [3.63, 3.8) is 0 Å². The normalized spacial score (nSPS) is 20.8. The van der Waals surface area contributed by atoms with Crippen LogP contribution in [0.1, 0.15) is 137 Å². The fraction of sp³-hybridized carbons (Fsp3) is 0.414. The van der Waals surface area contributed by atoms with Crippen molar-refractivity contribution >= 4 is 47.4 Å². The van der Waals surface area contributed by atoms with Crippen molar-refractivity contribution in [3.8, 4) is 0 Å². The lowest BCUT2D eigenvalue weighted by Gasteiger charge is -2.32. The Morgan fingerprint density at radius 2 is 0.803 bits per heavy atom. The number of rotatable bonds is 9. The quantitative estimate of drug-likeness (QED) is 0.105. The van der Waals surface area contributed by atoms with Crippen molar-refractivity contribution in [3.05, 3.63) is 197 Å². The van der Waals surface area contributed by atoms with Gasteiger partial charge in [-0.2, -0.15) is 0 Å². The van der Waals surface area contributed by atoms with Gasteiger partial charge in [0, 0.05) is 17.4 Å². The van der Waals surface area contributed by atoms with E-state index in [0.717, 1.165) is 39.2 Å². The molecule has 3 saturated heterocycles. The largest absolute Gasteiger partial charge is 0.494 e. The van der Waals surface area contributed by atoms with Crippen molar-refractivity contribution < 1.29 is 27.9 Å². The number of hydrogen-bond donors (Lipinski definition) is 0. The van der Waals surface area contributed by atoms with Gasteiger partial charge in [0.15, 0.2) is 0 Å². The van der Waals surface area contributed by atoms with Gasteiger partial charge in [-0.05, 0) is 167 Å². The summed E-state index contributed by atoms with van der Waals surface area (Å²) in [6.07, 6.45) is 4.70. The fourth-order valence-electron chi connectivity index (χ4n) is 8.56. The molecular weight excluding hydrogens is 920 g/mol. The molecule has 9 rings (SSSR count). The molecule has 3 atom stereocenters. The highest BCUT2D eigenvalue weighted by Gasteiger charge is 2.64. The van der Waals surface area contributed by atoms with Gasteiger partial charge in [0.2, 0.25) is 0 Å². The fourth-order valence-corrected chi connectivity index (χ4v) is 8.75. The van der Waals surface area contributed by atoms with Crippen LogP contribution in [0.2, 0.25) is 5.02 Å². The van der Waals surface area contributed by atoms with Gasteiger partial charge < -0.3 is 27.9 Å². The number of hydrogen-bond acceptors (Lipinski definition) is 8. The van der Waals surface area contributed by atoms with E-state index >= 15 is 0 Å². The molecule has 3 fully saturated rings. The third-order valence-corrected chi connectivity index (χ3v) is 15.4. The van der Waals surface area contributed by atoms with Crippen LogP contribution in [0.25, 0.3) is 0 Å². The topological polar surface area (TPSA) is 81.2 Å². The molecule has 3 aliphatic heterocycles. The highest BCUT2D eigenvalue weighted by atomic mass is 35.5. The molecule has 4 aromatic carbocycles. The van der Waals surface area contributed by atoms with E-state index in [1.807, 2.05) is 129 Å². The number of nitrogens with zero attached hydrogens (tertiary/aromatic N) is 2. The van der Waals surface area contributed by atoms with E-state index in [4.69, 9.17) is 45.8 Å². The minimum Gasteiger partial charge on any atom is -0.405 e. The minimum atomic E-state index is -0.476. The standard InChI is InChI=1S/C25H28BNO2.C19H16ClN.C12H24B2O4.C2H7P/c1-23(2)24(3,4)29-26(28-23)21-15-11-14-20(18-21)25(5,19-12-7-6-8-13-19)22-16-9-10-17-27-22;1-19(15-8-3-2-4-9-15,18-12-5-6-13-21-18)16-10-7-11-17(20)14-16;1-9(2)10(3,4)16-13(15-9)14-17-11(5,6)12(7,8)18-14;1-2-3/h6-18H,1-5H3;2-14H,1H3;1-8H3;2-3H2,1H3/i;;;3D. The van der Waals surface area contributed by atoms with Crippen LogP contribution in [-0.2, 0) is 38.8 Å². The van der Waals surface area contributed by atoms with Gasteiger partial charge in [-0.25, -0.2) is 0 Å². The van der Waals surface area contributed by atoms with Crippen LogP contribution >= 0.6 is 20.8 Å². The van der Waals surface area contributed by atoms with Crippen LogP contribution in [0.4, 0.5) is 0 Å². The predicted molar refractivity (Wildman–Crippen MR) is 298 cm³/mol. The second kappa shape index (κ2) is 22.1. The Morgan fingerprint density at radius 1 is 0.465 bits per heavy atom. The van der Waals surface area contributed by atoms with Gasteiger partial charge in [0.05, 0.1) is 57.1 Å². The maximum atomic E-state index is 6.48. The summed E-state index contributed by atoms with van der Waals surface area (Å²) in [5, 5.41) is 0.741. The van der Waals surface area contributed by atoms with Gasteiger partial charge in [-0.1, -0.05) is 128 Å². The zero-order chi connectivity index (χ0) is 52.8. The maximum absolute atomic E-state index is 6.48. The second-order valence-corrected chi connectivity index (χ2v) is 22.9. The Kier molecular flexibility index (Phi) is 17.0. The smallest absolute Gasteiger partial charge is 0.405 e. The van der Waals surface area contributed by atoms with E-state index in [1.54, 1.807) is 0 Å². The molecule has 6 aromatic rings. The van der Waals surface area contributed by atoms with Gasteiger partial charge in [-0.3, -0.25) is 9.97 Å². The summed E-state index contributed by atoms with van der Waals surface area (Å²) < 4.78 is 42.9. The maximum Gasteiger partial charge on any atom is 0.494 e. The van der Waals surface area contributed by atoms with Crippen LogP contribution in [0.15, 0.2) is 158 Å². The molecule has 0 N–H and O–H groups in total. The summed E-state index contributed by atoms with van der Waals surface area (Å²) in [6, 6.07) is 49.6. The van der Waals surface area contributed by atoms with E-state index in [9.17, 15) is 0 Å². The molecule has 3 unspecified atom stereocenters. The van der Waals surface area contributed by atoms with E-state index in [0.29, 0.717) is 9.18 Å². The zero-order valence-electron chi connectivity index (χ0n) is 45.7. The summed E-state index contributed by atoms with van der Waals surface area (Å²) in [5.74, 6) is 0. The average molecular weight is 996 g/mol. The van der Waals surface area contributed by atoms with Crippen molar-refractivity contribution in [1.29, 1.82) is 1.28 Å². The molecule has 5 heterocycles. The molecule has 0 amide bonds. The van der Waals surface area contributed by atoms with Crippen molar-refractivity contribution in [2.45, 2.75) is 148 Å². The first-order valence-electron chi connectivity index (χ1n) is 25.3. The molecule has 13 heteroatoms. The lowest BCUT2D eigenvalue weighted by Crippen LogP contribution is -2.41. The lowest BCUT2D eigenvalue weighted by atomic mass is 9.49. The number of pyridine rings is 2. The number of halogens is 1. The summed E-state index contributed by atoms with van der Waals surface area (Å²) in [6.45, 7) is 31.0. The molecule has 0 spiro atoms. The third kappa shape index (κ3) is 12.1. The molecule has 8 nitrogen and oxygen atoms in total. The molecule has 0 saturated carbocycles. The van der Waals surface area contributed by atoms with Gasteiger partial charge in [0.1, 0.15) is 0 Å². The monoisotopic (exact) mass is 996 g/mol.